The Bertz CT molecular complexity index is 890. The molecule has 4 rings (SSSR count). The van der Waals surface area contributed by atoms with Crippen molar-refractivity contribution in [3.05, 3.63) is 64.7 Å². The molecule has 0 unspecified atom stereocenters. The van der Waals surface area contributed by atoms with E-state index in [0.29, 0.717) is 5.56 Å². The molecule has 1 aliphatic carbocycles. The van der Waals surface area contributed by atoms with E-state index in [1.165, 1.54) is 23.0 Å². The topological polar surface area (TPSA) is 75.6 Å². The van der Waals surface area contributed by atoms with Crippen LogP contribution in [0.1, 0.15) is 51.6 Å². The van der Waals surface area contributed by atoms with Crippen LogP contribution in [0.25, 0.3) is 5.69 Å². The number of carbonyl (C=O) groups excluding carboxylic acids is 1. The Morgan fingerprint density at radius 1 is 1.24 bits per heavy atom. The Labute approximate surface area is 146 Å². The minimum Gasteiger partial charge on any atom is -0.345 e. The summed E-state index contributed by atoms with van der Waals surface area (Å²) in [5, 5.41) is 14.2. The largest absolute Gasteiger partial charge is 0.345 e. The van der Waals surface area contributed by atoms with Crippen LogP contribution in [-0.2, 0) is 6.42 Å². The molecule has 0 saturated carbocycles. The molecule has 0 radical (unpaired) electrons. The first kappa shape index (κ1) is 15.6. The summed E-state index contributed by atoms with van der Waals surface area (Å²) in [6.45, 7) is 4.20. The predicted molar refractivity (Wildman–Crippen MR) is 94.8 cm³/mol. The molecular weight excluding hydrogens is 314 g/mol. The molecule has 0 spiro atoms. The van der Waals surface area contributed by atoms with E-state index in [2.05, 4.69) is 52.7 Å². The van der Waals surface area contributed by atoms with Crippen LogP contribution in [0, 0.1) is 13.8 Å². The number of nitrogens with zero attached hydrogens (tertiary/aromatic N) is 3. The van der Waals surface area contributed by atoms with Crippen LogP contribution in [0.15, 0.2) is 36.8 Å². The SMILES string of the molecule is Cc1cc(C)cc(-n2ncc3c2CCC[C@H]3NC(=O)c2cn[nH]c2)c1. The van der Waals surface area contributed by atoms with Gasteiger partial charge in [0.15, 0.2) is 0 Å². The van der Waals surface area contributed by atoms with Gasteiger partial charge < -0.3 is 5.32 Å². The first-order valence-corrected chi connectivity index (χ1v) is 8.57. The Hall–Kier alpha value is -2.89. The van der Waals surface area contributed by atoms with Gasteiger partial charge >= 0.3 is 0 Å². The third kappa shape index (κ3) is 2.95. The zero-order chi connectivity index (χ0) is 17.4. The van der Waals surface area contributed by atoms with Gasteiger partial charge in [-0.2, -0.15) is 10.2 Å². The predicted octanol–water partition coefficient (Wildman–Crippen LogP) is 3.02. The van der Waals surface area contributed by atoms with E-state index in [-0.39, 0.29) is 11.9 Å². The number of aryl methyl sites for hydroxylation is 2. The molecule has 2 heterocycles. The number of H-pyrrole nitrogens is 1. The fourth-order valence-electron chi connectivity index (χ4n) is 3.62. The van der Waals surface area contributed by atoms with Gasteiger partial charge in [-0.25, -0.2) is 4.68 Å². The average Bonchev–Trinajstić information content (AvgIpc) is 3.24. The van der Waals surface area contributed by atoms with Crippen molar-refractivity contribution in [2.24, 2.45) is 0 Å². The molecule has 1 aliphatic rings. The first-order valence-electron chi connectivity index (χ1n) is 8.57. The Morgan fingerprint density at radius 2 is 2.04 bits per heavy atom. The highest BCUT2D eigenvalue weighted by Crippen LogP contribution is 2.31. The van der Waals surface area contributed by atoms with E-state index in [1.807, 2.05) is 10.9 Å². The molecule has 0 fully saturated rings. The van der Waals surface area contributed by atoms with Crippen molar-refractivity contribution in [3.63, 3.8) is 0 Å². The molecule has 25 heavy (non-hydrogen) atoms. The molecule has 6 nitrogen and oxygen atoms in total. The molecule has 1 aromatic carbocycles. The highest BCUT2D eigenvalue weighted by molar-refractivity contribution is 5.93. The first-order chi connectivity index (χ1) is 12.1. The number of aromatic nitrogens is 4. The van der Waals surface area contributed by atoms with E-state index >= 15 is 0 Å². The number of benzene rings is 1. The molecule has 0 aliphatic heterocycles. The Kier molecular flexibility index (Phi) is 3.87. The van der Waals surface area contributed by atoms with Gasteiger partial charge in [-0.15, -0.1) is 0 Å². The number of hydrogen-bond acceptors (Lipinski definition) is 3. The highest BCUT2D eigenvalue weighted by Gasteiger charge is 2.26. The number of rotatable bonds is 3. The van der Waals surface area contributed by atoms with Gasteiger partial charge in [-0.3, -0.25) is 9.89 Å². The number of amides is 1. The summed E-state index contributed by atoms with van der Waals surface area (Å²) in [6.07, 6.45) is 7.97. The maximum atomic E-state index is 12.4. The molecule has 1 atom stereocenters. The summed E-state index contributed by atoms with van der Waals surface area (Å²) in [7, 11) is 0. The number of fused-ring (bicyclic) bond motifs is 1. The average molecular weight is 335 g/mol. The summed E-state index contributed by atoms with van der Waals surface area (Å²) in [6, 6.07) is 6.45. The molecule has 1 amide bonds. The van der Waals surface area contributed by atoms with Gasteiger partial charge in [0.25, 0.3) is 5.91 Å². The maximum absolute atomic E-state index is 12.4. The third-order valence-corrected chi connectivity index (χ3v) is 4.70. The smallest absolute Gasteiger partial charge is 0.254 e. The molecular formula is C19H21N5O. The lowest BCUT2D eigenvalue weighted by Crippen LogP contribution is -2.30. The molecule has 0 saturated heterocycles. The highest BCUT2D eigenvalue weighted by atomic mass is 16.1. The summed E-state index contributed by atoms with van der Waals surface area (Å²) in [5.74, 6) is -0.106. The van der Waals surface area contributed by atoms with Crippen LogP contribution < -0.4 is 5.32 Å². The molecule has 6 heteroatoms. The fraction of sp³-hybridized carbons (Fsp3) is 0.316. The quantitative estimate of drug-likeness (QED) is 0.772. The minimum absolute atomic E-state index is 0.00851. The van der Waals surface area contributed by atoms with E-state index < -0.39 is 0 Å². The lowest BCUT2D eigenvalue weighted by Gasteiger charge is -2.24. The normalized spacial score (nSPS) is 16.5. The van der Waals surface area contributed by atoms with Crippen LogP contribution in [0.2, 0.25) is 0 Å². The zero-order valence-corrected chi connectivity index (χ0v) is 14.4. The van der Waals surface area contributed by atoms with Crippen LogP contribution in [0.3, 0.4) is 0 Å². The van der Waals surface area contributed by atoms with Crippen molar-refractivity contribution < 1.29 is 4.79 Å². The monoisotopic (exact) mass is 335 g/mol. The van der Waals surface area contributed by atoms with Crippen molar-refractivity contribution in [3.8, 4) is 5.69 Å². The molecule has 2 N–H and O–H groups in total. The molecule has 128 valence electrons. The van der Waals surface area contributed by atoms with Crippen molar-refractivity contribution in [1.82, 2.24) is 25.3 Å². The van der Waals surface area contributed by atoms with Gasteiger partial charge in [0.1, 0.15) is 0 Å². The van der Waals surface area contributed by atoms with Gasteiger partial charge in [0.05, 0.1) is 29.7 Å². The van der Waals surface area contributed by atoms with E-state index in [9.17, 15) is 4.79 Å². The number of carbonyl (C=O) groups is 1. The van der Waals surface area contributed by atoms with Gasteiger partial charge in [0, 0.05) is 17.5 Å². The van der Waals surface area contributed by atoms with Crippen molar-refractivity contribution >= 4 is 5.91 Å². The van der Waals surface area contributed by atoms with Crippen LogP contribution in [-0.4, -0.2) is 25.9 Å². The summed E-state index contributed by atoms with van der Waals surface area (Å²) in [5.41, 5.74) is 6.38. The standard InChI is InChI=1S/C19H21N5O/c1-12-6-13(2)8-15(7-12)24-18-5-3-4-17(16(18)11-22-24)23-19(25)14-9-20-21-10-14/h6-11,17H,3-5H2,1-2H3,(H,20,21)(H,23,25)/t17-/m1/s1. The molecule has 2 aromatic heterocycles. The summed E-state index contributed by atoms with van der Waals surface area (Å²) < 4.78 is 2.02. The summed E-state index contributed by atoms with van der Waals surface area (Å²) >= 11 is 0. The number of nitrogens with one attached hydrogen (secondary N) is 2. The van der Waals surface area contributed by atoms with Crippen molar-refractivity contribution in [1.29, 1.82) is 0 Å². The van der Waals surface area contributed by atoms with Crippen LogP contribution in [0.4, 0.5) is 0 Å². The van der Waals surface area contributed by atoms with Gasteiger partial charge in [-0.1, -0.05) is 6.07 Å². The van der Waals surface area contributed by atoms with Crippen molar-refractivity contribution in [2.45, 2.75) is 39.2 Å². The van der Waals surface area contributed by atoms with Crippen LogP contribution in [0.5, 0.6) is 0 Å². The van der Waals surface area contributed by atoms with Gasteiger partial charge in [0.2, 0.25) is 0 Å². The van der Waals surface area contributed by atoms with Crippen LogP contribution >= 0.6 is 0 Å². The lowest BCUT2D eigenvalue weighted by molar-refractivity contribution is 0.0933. The maximum Gasteiger partial charge on any atom is 0.254 e. The van der Waals surface area contributed by atoms with E-state index in [1.54, 1.807) is 6.20 Å². The number of aromatic amines is 1. The van der Waals surface area contributed by atoms with E-state index in [4.69, 9.17) is 0 Å². The second-order valence-corrected chi connectivity index (χ2v) is 6.71. The van der Waals surface area contributed by atoms with E-state index in [0.717, 1.165) is 30.5 Å². The Balaban J connectivity index is 1.65. The second kappa shape index (κ2) is 6.20. The van der Waals surface area contributed by atoms with Crippen molar-refractivity contribution in [2.75, 3.05) is 0 Å². The summed E-state index contributed by atoms with van der Waals surface area (Å²) in [4.78, 5) is 12.4. The fourth-order valence-corrected chi connectivity index (χ4v) is 3.62. The number of hydrogen-bond donors (Lipinski definition) is 2. The Morgan fingerprint density at radius 3 is 2.76 bits per heavy atom. The minimum atomic E-state index is -0.106. The zero-order valence-electron chi connectivity index (χ0n) is 14.4. The second-order valence-electron chi connectivity index (χ2n) is 6.71. The lowest BCUT2D eigenvalue weighted by atomic mass is 9.92. The third-order valence-electron chi connectivity index (χ3n) is 4.70. The molecule has 3 aromatic rings. The molecule has 0 bridgehead atoms. The van der Waals surface area contributed by atoms with Gasteiger partial charge in [-0.05, 0) is 56.4 Å².